The van der Waals surface area contributed by atoms with Gasteiger partial charge in [0.2, 0.25) is 5.95 Å². The number of aryl methyl sites for hydroxylation is 1. The van der Waals surface area contributed by atoms with E-state index in [9.17, 15) is 0 Å². The third kappa shape index (κ3) is 2.36. The molecule has 4 heteroatoms. The van der Waals surface area contributed by atoms with E-state index in [-0.39, 0.29) is 0 Å². The fourth-order valence-electron chi connectivity index (χ4n) is 1.68. The molecule has 0 aliphatic carbocycles. The maximum Gasteiger partial charge on any atom is 0.225 e. The van der Waals surface area contributed by atoms with Crippen LogP contribution in [0.5, 0.6) is 0 Å². The van der Waals surface area contributed by atoms with Crippen molar-refractivity contribution in [3.05, 3.63) is 36.4 Å². The lowest BCUT2D eigenvalue weighted by Gasteiger charge is -2.09. The Morgan fingerprint density at radius 2 is 2.18 bits per heavy atom. The molecule has 88 valence electrons. The van der Waals surface area contributed by atoms with Gasteiger partial charge in [-0.05, 0) is 19.1 Å². The second kappa shape index (κ2) is 4.82. The second-order valence-electron chi connectivity index (χ2n) is 3.84. The predicted octanol–water partition coefficient (Wildman–Crippen LogP) is 2.58. The first kappa shape index (κ1) is 11.4. The standard InChI is InChI=1S/C13H16N4/c1-4-7-15-13-16-11-6-5-9(2)8-10(11)12(14-3)17-13/h4-6,8H,1,7H2,2-3H3,(H2,14,15,16,17). The summed E-state index contributed by atoms with van der Waals surface area (Å²) in [7, 11) is 1.86. The Bertz CT molecular complexity index is 548. The van der Waals surface area contributed by atoms with E-state index in [4.69, 9.17) is 0 Å². The van der Waals surface area contributed by atoms with Crippen LogP contribution in [0.25, 0.3) is 10.9 Å². The second-order valence-corrected chi connectivity index (χ2v) is 3.84. The highest BCUT2D eigenvalue weighted by Crippen LogP contribution is 2.22. The van der Waals surface area contributed by atoms with Crippen LogP contribution in [0.1, 0.15) is 5.56 Å². The topological polar surface area (TPSA) is 49.8 Å². The molecule has 0 bridgehead atoms. The third-order valence-electron chi connectivity index (χ3n) is 2.49. The molecule has 4 nitrogen and oxygen atoms in total. The number of fused-ring (bicyclic) bond motifs is 1. The number of benzene rings is 1. The first-order valence-electron chi connectivity index (χ1n) is 5.55. The first-order chi connectivity index (χ1) is 8.24. The van der Waals surface area contributed by atoms with Crippen LogP contribution < -0.4 is 10.6 Å². The van der Waals surface area contributed by atoms with Crippen molar-refractivity contribution >= 4 is 22.7 Å². The van der Waals surface area contributed by atoms with Crippen molar-refractivity contribution in [1.29, 1.82) is 0 Å². The molecule has 2 N–H and O–H groups in total. The summed E-state index contributed by atoms with van der Waals surface area (Å²) < 4.78 is 0. The number of anilines is 2. The Labute approximate surface area is 101 Å². The molecule has 1 heterocycles. The van der Waals surface area contributed by atoms with Crippen molar-refractivity contribution in [2.24, 2.45) is 0 Å². The minimum atomic E-state index is 0.616. The van der Waals surface area contributed by atoms with Crippen molar-refractivity contribution in [1.82, 2.24) is 9.97 Å². The van der Waals surface area contributed by atoms with Crippen LogP contribution in [-0.4, -0.2) is 23.6 Å². The lowest BCUT2D eigenvalue weighted by atomic mass is 10.1. The van der Waals surface area contributed by atoms with E-state index in [1.807, 2.05) is 19.2 Å². The lowest BCUT2D eigenvalue weighted by Crippen LogP contribution is -2.05. The number of aromatic nitrogens is 2. The molecule has 0 fully saturated rings. The molecule has 0 radical (unpaired) electrons. The Hall–Kier alpha value is -2.10. The largest absolute Gasteiger partial charge is 0.372 e. The van der Waals surface area contributed by atoms with Gasteiger partial charge in [0.25, 0.3) is 0 Å². The van der Waals surface area contributed by atoms with E-state index in [1.54, 1.807) is 6.08 Å². The van der Waals surface area contributed by atoms with Crippen LogP contribution in [0.15, 0.2) is 30.9 Å². The molecule has 2 rings (SSSR count). The van der Waals surface area contributed by atoms with Gasteiger partial charge in [-0.1, -0.05) is 17.7 Å². The summed E-state index contributed by atoms with van der Waals surface area (Å²) in [6.45, 7) is 6.37. The quantitative estimate of drug-likeness (QED) is 0.790. The zero-order valence-corrected chi connectivity index (χ0v) is 10.1. The third-order valence-corrected chi connectivity index (χ3v) is 2.49. The Balaban J connectivity index is 2.53. The molecule has 0 unspecified atom stereocenters. The molecule has 0 aliphatic heterocycles. The van der Waals surface area contributed by atoms with E-state index >= 15 is 0 Å². The van der Waals surface area contributed by atoms with Crippen molar-refractivity contribution in [2.45, 2.75) is 6.92 Å². The number of rotatable bonds is 4. The molecule has 0 aliphatic rings. The van der Waals surface area contributed by atoms with E-state index in [0.29, 0.717) is 12.5 Å². The smallest absolute Gasteiger partial charge is 0.225 e. The summed E-state index contributed by atoms with van der Waals surface area (Å²) in [6.07, 6.45) is 1.78. The van der Waals surface area contributed by atoms with E-state index < -0.39 is 0 Å². The molecular formula is C13H16N4. The maximum atomic E-state index is 4.45. The number of hydrogen-bond donors (Lipinski definition) is 2. The number of nitrogens with one attached hydrogen (secondary N) is 2. The van der Waals surface area contributed by atoms with Crippen LogP contribution in [0, 0.1) is 6.92 Å². The molecule has 0 saturated heterocycles. The van der Waals surface area contributed by atoms with Gasteiger partial charge in [-0.3, -0.25) is 0 Å². The zero-order chi connectivity index (χ0) is 12.3. The Morgan fingerprint density at radius 1 is 1.35 bits per heavy atom. The summed E-state index contributed by atoms with van der Waals surface area (Å²) in [6, 6.07) is 6.14. The zero-order valence-electron chi connectivity index (χ0n) is 10.1. The van der Waals surface area contributed by atoms with Crippen molar-refractivity contribution in [2.75, 3.05) is 24.2 Å². The lowest BCUT2D eigenvalue weighted by molar-refractivity contribution is 1.15. The van der Waals surface area contributed by atoms with Gasteiger partial charge >= 0.3 is 0 Å². The average Bonchev–Trinajstić information content (AvgIpc) is 2.35. The summed E-state index contributed by atoms with van der Waals surface area (Å²) in [4.78, 5) is 8.87. The molecule has 2 aromatic rings. The maximum absolute atomic E-state index is 4.45. The highest BCUT2D eigenvalue weighted by Gasteiger charge is 2.05. The number of hydrogen-bond acceptors (Lipinski definition) is 4. The molecule has 0 amide bonds. The van der Waals surface area contributed by atoms with Crippen molar-refractivity contribution < 1.29 is 0 Å². The monoisotopic (exact) mass is 228 g/mol. The van der Waals surface area contributed by atoms with Gasteiger partial charge in [0.1, 0.15) is 5.82 Å². The summed E-state index contributed by atoms with van der Waals surface area (Å²) >= 11 is 0. The molecule has 1 aromatic heterocycles. The van der Waals surface area contributed by atoms with Gasteiger partial charge in [-0.15, -0.1) is 6.58 Å². The predicted molar refractivity (Wildman–Crippen MR) is 72.5 cm³/mol. The van der Waals surface area contributed by atoms with Crippen molar-refractivity contribution in [3.8, 4) is 0 Å². The fraction of sp³-hybridized carbons (Fsp3) is 0.231. The van der Waals surface area contributed by atoms with Gasteiger partial charge in [0.15, 0.2) is 0 Å². The molecule has 0 saturated carbocycles. The van der Waals surface area contributed by atoms with Gasteiger partial charge in [-0.2, -0.15) is 4.98 Å². The Morgan fingerprint density at radius 3 is 2.88 bits per heavy atom. The van der Waals surface area contributed by atoms with E-state index in [2.05, 4.69) is 40.2 Å². The summed E-state index contributed by atoms with van der Waals surface area (Å²) in [5, 5.41) is 7.23. The van der Waals surface area contributed by atoms with Gasteiger partial charge < -0.3 is 10.6 Å². The molecule has 0 atom stereocenters. The highest BCUT2D eigenvalue weighted by atomic mass is 15.1. The van der Waals surface area contributed by atoms with E-state index in [1.165, 1.54) is 5.56 Å². The van der Waals surface area contributed by atoms with Crippen LogP contribution in [-0.2, 0) is 0 Å². The first-order valence-corrected chi connectivity index (χ1v) is 5.55. The van der Waals surface area contributed by atoms with Gasteiger partial charge in [-0.25, -0.2) is 4.98 Å². The van der Waals surface area contributed by atoms with Crippen LogP contribution in [0.4, 0.5) is 11.8 Å². The molecule has 17 heavy (non-hydrogen) atoms. The molecule has 0 spiro atoms. The molecular weight excluding hydrogens is 212 g/mol. The SMILES string of the molecule is C=CCNc1nc(NC)c2cc(C)ccc2n1. The fourth-order valence-corrected chi connectivity index (χ4v) is 1.68. The Kier molecular flexibility index (Phi) is 3.23. The minimum absolute atomic E-state index is 0.616. The summed E-state index contributed by atoms with van der Waals surface area (Å²) in [5.41, 5.74) is 2.13. The minimum Gasteiger partial charge on any atom is -0.372 e. The van der Waals surface area contributed by atoms with Gasteiger partial charge in [0, 0.05) is 19.0 Å². The normalized spacial score (nSPS) is 10.2. The summed E-state index contributed by atoms with van der Waals surface area (Å²) in [5.74, 6) is 1.45. The van der Waals surface area contributed by atoms with Crippen LogP contribution in [0.3, 0.4) is 0 Å². The van der Waals surface area contributed by atoms with Gasteiger partial charge in [0.05, 0.1) is 5.52 Å². The molecule has 1 aromatic carbocycles. The average molecular weight is 228 g/mol. The number of nitrogens with zero attached hydrogens (tertiary/aromatic N) is 2. The van der Waals surface area contributed by atoms with Crippen LogP contribution in [0.2, 0.25) is 0 Å². The highest BCUT2D eigenvalue weighted by molar-refractivity contribution is 5.90. The van der Waals surface area contributed by atoms with E-state index in [0.717, 1.165) is 16.7 Å². The van der Waals surface area contributed by atoms with Crippen molar-refractivity contribution in [3.63, 3.8) is 0 Å². The van der Waals surface area contributed by atoms with Crippen LogP contribution >= 0.6 is 0 Å².